The number of phenols is 1. The molecule has 2 aromatic carbocycles. The number of methoxy groups -OCH3 is 1. The van der Waals surface area contributed by atoms with Gasteiger partial charge in [0.1, 0.15) is 11.6 Å². The van der Waals surface area contributed by atoms with Crippen LogP contribution in [0.2, 0.25) is 0 Å². The van der Waals surface area contributed by atoms with E-state index in [0.29, 0.717) is 11.6 Å². The second-order valence-electron chi connectivity index (χ2n) is 6.99. The van der Waals surface area contributed by atoms with Gasteiger partial charge in [0.05, 0.1) is 24.3 Å². The van der Waals surface area contributed by atoms with Crippen LogP contribution in [0.25, 0.3) is 11.3 Å². The molecule has 29 heavy (non-hydrogen) atoms. The molecule has 2 heterocycles. The van der Waals surface area contributed by atoms with Crippen molar-refractivity contribution in [1.29, 1.82) is 5.26 Å². The number of benzene rings is 2. The molecule has 0 unspecified atom stereocenters. The van der Waals surface area contributed by atoms with Gasteiger partial charge in [-0.25, -0.2) is 0 Å². The predicted molar refractivity (Wildman–Crippen MR) is 107 cm³/mol. The maximum absolute atomic E-state index is 9.99. The maximum atomic E-state index is 9.99. The summed E-state index contributed by atoms with van der Waals surface area (Å²) >= 11 is 0. The zero-order chi connectivity index (χ0) is 20.7. The third-order valence-electron chi connectivity index (χ3n) is 5.13. The highest BCUT2D eigenvalue weighted by Gasteiger charge is 2.36. The van der Waals surface area contributed by atoms with E-state index in [-0.39, 0.29) is 17.2 Å². The second-order valence-corrected chi connectivity index (χ2v) is 6.99. The molecule has 1 atom stereocenters. The number of nitrogens with one attached hydrogen (secondary N) is 1. The Balaban J connectivity index is 1.97. The molecule has 1 aliphatic rings. The predicted octanol–water partition coefficient (Wildman–Crippen LogP) is 3.63. The molecule has 1 aliphatic heterocycles. The van der Waals surface area contributed by atoms with Gasteiger partial charge in [0.25, 0.3) is 0 Å². The number of nitrogens with zero attached hydrogens (tertiary/aromatic N) is 2. The average molecular weight is 388 g/mol. The van der Waals surface area contributed by atoms with Crippen LogP contribution in [0.5, 0.6) is 17.4 Å². The van der Waals surface area contributed by atoms with E-state index < -0.39 is 5.92 Å². The van der Waals surface area contributed by atoms with Gasteiger partial charge in [-0.1, -0.05) is 29.8 Å². The molecule has 0 saturated heterocycles. The Labute approximate surface area is 168 Å². The standard InChI is InChI=1S/C22H20N4O3/c1-11-4-6-14(12(2)8-11)20-19-18(13-5-7-16(27)17(9-13)28-3)15(10-23)21(24)29-22(19)26-25-20/h4-9,18,27H,24H2,1-3H3,(H,25,26)/t18-/m1/s1. The molecule has 0 bridgehead atoms. The molecule has 7 nitrogen and oxygen atoms in total. The first-order chi connectivity index (χ1) is 13.9. The summed E-state index contributed by atoms with van der Waals surface area (Å²) in [5.41, 5.74) is 11.7. The summed E-state index contributed by atoms with van der Waals surface area (Å²) in [6.07, 6.45) is 0. The van der Waals surface area contributed by atoms with Crippen LogP contribution < -0.4 is 15.2 Å². The molecule has 146 valence electrons. The summed E-state index contributed by atoms with van der Waals surface area (Å²) in [5.74, 6) is 0.140. The van der Waals surface area contributed by atoms with Gasteiger partial charge in [-0.15, -0.1) is 5.10 Å². The largest absolute Gasteiger partial charge is 0.504 e. The van der Waals surface area contributed by atoms with Crippen LogP contribution in [0.4, 0.5) is 0 Å². The van der Waals surface area contributed by atoms with Gasteiger partial charge < -0.3 is 20.3 Å². The van der Waals surface area contributed by atoms with E-state index in [2.05, 4.69) is 22.3 Å². The van der Waals surface area contributed by atoms with E-state index in [1.165, 1.54) is 13.2 Å². The SMILES string of the molecule is COc1cc([C@@H]2C(C#N)=C(N)Oc3n[nH]c(-c4ccc(C)cc4C)c32)ccc1O. The number of fused-ring (bicyclic) bond motifs is 1. The number of phenolic OH excluding ortho intramolecular Hbond substituents is 1. The number of ether oxygens (including phenoxy) is 2. The molecule has 0 saturated carbocycles. The number of nitrogens with two attached hydrogens (primary N) is 1. The summed E-state index contributed by atoms with van der Waals surface area (Å²) in [6.45, 7) is 4.05. The van der Waals surface area contributed by atoms with Crippen molar-refractivity contribution >= 4 is 0 Å². The van der Waals surface area contributed by atoms with E-state index in [4.69, 9.17) is 15.2 Å². The Kier molecular flexibility index (Phi) is 4.40. The molecule has 3 aromatic rings. The first kappa shape index (κ1) is 18.4. The van der Waals surface area contributed by atoms with Crippen LogP contribution in [-0.2, 0) is 0 Å². The van der Waals surface area contributed by atoms with Gasteiger partial charge in [0.15, 0.2) is 11.5 Å². The van der Waals surface area contributed by atoms with Crippen LogP contribution in [0, 0.1) is 25.2 Å². The van der Waals surface area contributed by atoms with Crippen LogP contribution in [0.15, 0.2) is 47.9 Å². The van der Waals surface area contributed by atoms with Crippen LogP contribution in [-0.4, -0.2) is 22.4 Å². The number of hydrogen-bond donors (Lipinski definition) is 3. The Morgan fingerprint density at radius 1 is 1.24 bits per heavy atom. The number of aromatic amines is 1. The Bertz CT molecular complexity index is 1190. The van der Waals surface area contributed by atoms with Crippen LogP contribution in [0.3, 0.4) is 0 Å². The first-order valence-electron chi connectivity index (χ1n) is 9.05. The molecule has 0 amide bonds. The van der Waals surface area contributed by atoms with Crippen molar-refractivity contribution in [3.63, 3.8) is 0 Å². The smallest absolute Gasteiger partial charge is 0.244 e. The maximum Gasteiger partial charge on any atom is 0.244 e. The molecule has 0 aliphatic carbocycles. The minimum Gasteiger partial charge on any atom is -0.504 e. The topological polar surface area (TPSA) is 117 Å². The number of aromatic hydroxyl groups is 1. The average Bonchev–Trinajstić information content (AvgIpc) is 3.10. The summed E-state index contributed by atoms with van der Waals surface area (Å²) in [7, 11) is 1.47. The number of nitriles is 1. The number of rotatable bonds is 3. The zero-order valence-electron chi connectivity index (χ0n) is 16.3. The Hall–Kier alpha value is -3.92. The van der Waals surface area contributed by atoms with Crippen LogP contribution in [0.1, 0.15) is 28.2 Å². The van der Waals surface area contributed by atoms with Gasteiger partial charge in [-0.2, -0.15) is 5.26 Å². The van der Waals surface area contributed by atoms with Gasteiger partial charge in [0, 0.05) is 5.56 Å². The molecule has 0 radical (unpaired) electrons. The minimum atomic E-state index is -0.521. The molecule has 1 aromatic heterocycles. The van der Waals surface area contributed by atoms with E-state index in [0.717, 1.165) is 33.5 Å². The number of hydrogen-bond acceptors (Lipinski definition) is 6. The lowest BCUT2D eigenvalue weighted by atomic mass is 9.82. The van der Waals surface area contributed by atoms with Crippen molar-refractivity contribution in [2.75, 3.05) is 7.11 Å². The molecule has 4 N–H and O–H groups in total. The second kappa shape index (κ2) is 6.91. The summed E-state index contributed by atoms with van der Waals surface area (Å²) in [6, 6.07) is 13.3. The number of allylic oxidation sites excluding steroid dienone is 1. The number of aryl methyl sites for hydroxylation is 2. The normalized spacial score (nSPS) is 15.4. The highest BCUT2D eigenvalue weighted by Crippen LogP contribution is 2.47. The number of H-pyrrole nitrogens is 1. The fraction of sp³-hybridized carbons (Fsp3) is 0.182. The quantitative estimate of drug-likeness (QED) is 0.631. The van der Waals surface area contributed by atoms with Crippen molar-refractivity contribution in [2.24, 2.45) is 5.73 Å². The monoisotopic (exact) mass is 388 g/mol. The first-order valence-corrected chi connectivity index (χ1v) is 9.05. The Morgan fingerprint density at radius 3 is 2.72 bits per heavy atom. The van der Waals surface area contributed by atoms with Gasteiger partial charge in [-0.3, -0.25) is 5.10 Å². The van der Waals surface area contributed by atoms with Crippen LogP contribution >= 0.6 is 0 Å². The molecule has 7 heteroatoms. The van der Waals surface area contributed by atoms with Crippen molar-refractivity contribution in [3.05, 3.63) is 70.1 Å². The molecular formula is C22H20N4O3. The van der Waals surface area contributed by atoms with Crippen molar-refractivity contribution in [1.82, 2.24) is 10.2 Å². The Morgan fingerprint density at radius 2 is 2.03 bits per heavy atom. The lowest BCUT2D eigenvalue weighted by Crippen LogP contribution is -2.21. The van der Waals surface area contributed by atoms with Gasteiger partial charge in [0.2, 0.25) is 11.8 Å². The number of aromatic nitrogens is 2. The fourth-order valence-electron chi connectivity index (χ4n) is 3.75. The van der Waals surface area contributed by atoms with Crippen molar-refractivity contribution in [2.45, 2.75) is 19.8 Å². The van der Waals surface area contributed by atoms with Gasteiger partial charge >= 0.3 is 0 Å². The van der Waals surface area contributed by atoms with Crippen molar-refractivity contribution < 1.29 is 14.6 Å². The van der Waals surface area contributed by atoms with Gasteiger partial charge in [-0.05, 0) is 37.1 Å². The molecular weight excluding hydrogens is 368 g/mol. The zero-order valence-corrected chi connectivity index (χ0v) is 16.3. The molecule has 0 fully saturated rings. The molecule has 4 rings (SSSR count). The highest BCUT2D eigenvalue weighted by molar-refractivity contribution is 5.73. The lowest BCUT2D eigenvalue weighted by Gasteiger charge is -2.24. The lowest BCUT2D eigenvalue weighted by molar-refractivity contribution is 0.371. The molecule has 0 spiro atoms. The van der Waals surface area contributed by atoms with E-state index in [1.807, 2.05) is 26.0 Å². The summed E-state index contributed by atoms with van der Waals surface area (Å²) in [4.78, 5) is 0. The third kappa shape index (κ3) is 2.95. The summed E-state index contributed by atoms with van der Waals surface area (Å²) < 4.78 is 10.9. The highest BCUT2D eigenvalue weighted by atomic mass is 16.5. The van der Waals surface area contributed by atoms with E-state index in [9.17, 15) is 10.4 Å². The fourth-order valence-corrected chi connectivity index (χ4v) is 3.75. The minimum absolute atomic E-state index is 0.00993. The summed E-state index contributed by atoms with van der Waals surface area (Å²) in [5, 5.41) is 27.2. The van der Waals surface area contributed by atoms with E-state index >= 15 is 0 Å². The van der Waals surface area contributed by atoms with E-state index in [1.54, 1.807) is 12.1 Å². The third-order valence-corrected chi connectivity index (χ3v) is 5.13. The van der Waals surface area contributed by atoms with Crippen molar-refractivity contribution in [3.8, 4) is 34.7 Å².